The molecule has 0 heterocycles. The Labute approximate surface area is 119 Å². The second-order valence-electron chi connectivity index (χ2n) is 3.50. The number of hydrogen-bond acceptors (Lipinski definition) is 4. The van der Waals surface area contributed by atoms with Crippen molar-refractivity contribution in [3.63, 3.8) is 0 Å². The molecule has 1 aromatic rings. The van der Waals surface area contributed by atoms with Crippen molar-refractivity contribution < 1.29 is 23.1 Å². The zero-order chi connectivity index (χ0) is 14.8. The summed E-state index contributed by atoms with van der Waals surface area (Å²) >= 11 is 11.4. The van der Waals surface area contributed by atoms with Crippen LogP contribution in [0.4, 0.5) is 0 Å². The van der Waals surface area contributed by atoms with E-state index in [0.29, 0.717) is 0 Å². The molecule has 0 aliphatic heterocycles. The lowest BCUT2D eigenvalue weighted by Crippen LogP contribution is -2.27. The Bertz CT molecular complexity index is 642. The first kappa shape index (κ1) is 15.7. The number of carbonyl (C=O) groups excluding carboxylic acids is 1. The molecule has 1 aromatic carbocycles. The highest BCUT2D eigenvalue weighted by Gasteiger charge is 2.24. The van der Waals surface area contributed by atoms with Gasteiger partial charge in [0.2, 0.25) is 5.91 Å². The van der Waals surface area contributed by atoms with Crippen molar-refractivity contribution in [2.45, 2.75) is 4.90 Å². The van der Waals surface area contributed by atoms with Gasteiger partial charge in [-0.15, -0.1) is 0 Å². The number of aromatic carboxylic acids is 1. The van der Waals surface area contributed by atoms with Crippen LogP contribution >= 0.6 is 23.2 Å². The van der Waals surface area contributed by atoms with E-state index in [0.717, 1.165) is 12.1 Å². The van der Waals surface area contributed by atoms with E-state index >= 15 is 0 Å². The van der Waals surface area contributed by atoms with Crippen molar-refractivity contribution in [1.29, 1.82) is 0 Å². The molecule has 19 heavy (non-hydrogen) atoms. The van der Waals surface area contributed by atoms with Crippen molar-refractivity contribution in [1.82, 2.24) is 5.32 Å². The van der Waals surface area contributed by atoms with Gasteiger partial charge in [-0.25, -0.2) is 13.2 Å². The van der Waals surface area contributed by atoms with Crippen LogP contribution in [0.5, 0.6) is 0 Å². The van der Waals surface area contributed by atoms with Crippen LogP contribution in [-0.4, -0.2) is 38.2 Å². The van der Waals surface area contributed by atoms with Crippen LogP contribution in [0.2, 0.25) is 10.0 Å². The fourth-order valence-corrected chi connectivity index (χ4v) is 3.37. The summed E-state index contributed by atoms with van der Waals surface area (Å²) in [5.41, 5.74) is -0.401. The van der Waals surface area contributed by atoms with E-state index in [1.807, 2.05) is 0 Å². The van der Waals surface area contributed by atoms with Crippen LogP contribution in [0, 0.1) is 0 Å². The van der Waals surface area contributed by atoms with Crippen molar-refractivity contribution in [3.8, 4) is 0 Å². The summed E-state index contributed by atoms with van der Waals surface area (Å²) in [5, 5.41) is 10.6. The molecule has 0 unspecified atom stereocenters. The zero-order valence-electron chi connectivity index (χ0n) is 9.61. The highest BCUT2D eigenvalue weighted by Crippen LogP contribution is 2.29. The van der Waals surface area contributed by atoms with Crippen LogP contribution < -0.4 is 5.32 Å². The summed E-state index contributed by atoms with van der Waals surface area (Å²) in [6, 6.07) is 1.86. The van der Waals surface area contributed by atoms with E-state index in [1.165, 1.54) is 7.05 Å². The zero-order valence-corrected chi connectivity index (χ0v) is 11.9. The Balaban J connectivity index is 3.38. The summed E-state index contributed by atoms with van der Waals surface area (Å²) < 4.78 is 23.9. The topological polar surface area (TPSA) is 101 Å². The molecular weight excluding hydrogens is 317 g/mol. The summed E-state index contributed by atoms with van der Waals surface area (Å²) in [7, 11) is -2.76. The Kier molecular flexibility index (Phi) is 4.78. The van der Waals surface area contributed by atoms with Gasteiger partial charge in [-0.1, -0.05) is 23.2 Å². The first-order chi connectivity index (χ1) is 8.69. The predicted molar refractivity (Wildman–Crippen MR) is 69.5 cm³/mol. The first-order valence-electron chi connectivity index (χ1n) is 4.84. The normalized spacial score (nSPS) is 11.1. The Morgan fingerprint density at radius 1 is 1.26 bits per heavy atom. The average Bonchev–Trinajstić information content (AvgIpc) is 2.27. The molecule has 1 amide bonds. The molecule has 0 aliphatic carbocycles. The molecule has 0 aliphatic rings. The minimum atomic E-state index is -4.04. The van der Waals surface area contributed by atoms with Gasteiger partial charge in [0.15, 0.2) is 9.84 Å². The molecule has 0 aromatic heterocycles. The summed E-state index contributed by atoms with van der Waals surface area (Å²) in [6.07, 6.45) is 0. The van der Waals surface area contributed by atoms with Crippen LogP contribution in [0.25, 0.3) is 0 Å². The number of carboxylic acid groups (broad SMARTS) is 1. The third-order valence-corrected chi connectivity index (χ3v) is 4.57. The van der Waals surface area contributed by atoms with Crippen LogP contribution in [0.3, 0.4) is 0 Å². The van der Waals surface area contributed by atoms with Gasteiger partial charge in [0.25, 0.3) is 0 Å². The highest BCUT2D eigenvalue weighted by atomic mass is 35.5. The number of amides is 1. The van der Waals surface area contributed by atoms with Crippen molar-refractivity contribution in [3.05, 3.63) is 27.7 Å². The number of carbonyl (C=O) groups is 2. The largest absolute Gasteiger partial charge is 0.478 e. The quantitative estimate of drug-likeness (QED) is 0.866. The third-order valence-electron chi connectivity index (χ3n) is 2.19. The standard InChI is InChI=1S/C10H9Cl2NO5S/c1-13-9(14)4-19(17,18)8-2-5(10(15)16)6(11)3-7(8)12/h2-3H,4H2,1H3,(H,13,14)(H,15,16). The number of sulfone groups is 1. The number of carboxylic acids is 1. The maximum absolute atomic E-state index is 11.9. The molecule has 0 radical (unpaired) electrons. The minimum Gasteiger partial charge on any atom is -0.478 e. The van der Waals surface area contributed by atoms with Gasteiger partial charge in [-0.05, 0) is 12.1 Å². The van der Waals surface area contributed by atoms with E-state index in [1.54, 1.807) is 0 Å². The highest BCUT2D eigenvalue weighted by molar-refractivity contribution is 7.92. The van der Waals surface area contributed by atoms with E-state index in [-0.39, 0.29) is 10.0 Å². The number of benzene rings is 1. The number of halogens is 2. The molecular formula is C10H9Cl2NO5S. The second kappa shape index (κ2) is 5.77. The Hall–Kier alpha value is -1.31. The molecule has 0 bridgehead atoms. The van der Waals surface area contributed by atoms with Crippen molar-refractivity contribution >= 4 is 44.9 Å². The Morgan fingerprint density at radius 2 is 1.84 bits per heavy atom. The smallest absolute Gasteiger partial charge is 0.337 e. The van der Waals surface area contributed by atoms with Crippen LogP contribution in [-0.2, 0) is 14.6 Å². The molecule has 2 N–H and O–H groups in total. The number of nitrogens with one attached hydrogen (secondary N) is 1. The molecule has 0 fully saturated rings. The van der Waals surface area contributed by atoms with E-state index in [2.05, 4.69) is 5.32 Å². The first-order valence-corrected chi connectivity index (χ1v) is 7.25. The van der Waals surface area contributed by atoms with Gasteiger partial charge >= 0.3 is 5.97 Å². The molecule has 0 atom stereocenters. The summed E-state index contributed by atoms with van der Waals surface area (Å²) in [5.74, 6) is -2.95. The maximum atomic E-state index is 11.9. The fraction of sp³-hybridized carbons (Fsp3) is 0.200. The van der Waals surface area contributed by atoms with Gasteiger partial charge in [-0.3, -0.25) is 4.79 Å². The summed E-state index contributed by atoms with van der Waals surface area (Å²) in [4.78, 5) is 21.6. The van der Waals surface area contributed by atoms with E-state index in [4.69, 9.17) is 28.3 Å². The Morgan fingerprint density at radius 3 is 2.32 bits per heavy atom. The molecule has 1 rings (SSSR count). The molecule has 6 nitrogen and oxygen atoms in total. The SMILES string of the molecule is CNC(=O)CS(=O)(=O)c1cc(C(=O)O)c(Cl)cc1Cl. The monoisotopic (exact) mass is 325 g/mol. The predicted octanol–water partition coefficient (Wildman–Crippen LogP) is 1.21. The lowest BCUT2D eigenvalue weighted by Gasteiger charge is -2.08. The maximum Gasteiger partial charge on any atom is 0.337 e. The van der Waals surface area contributed by atoms with Gasteiger partial charge < -0.3 is 10.4 Å². The number of rotatable bonds is 4. The van der Waals surface area contributed by atoms with E-state index < -0.39 is 37.9 Å². The molecule has 104 valence electrons. The minimum absolute atomic E-state index is 0.184. The number of hydrogen-bond donors (Lipinski definition) is 2. The van der Waals surface area contributed by atoms with Crippen LogP contribution in [0.15, 0.2) is 17.0 Å². The second-order valence-corrected chi connectivity index (χ2v) is 6.27. The van der Waals surface area contributed by atoms with Crippen molar-refractivity contribution in [2.24, 2.45) is 0 Å². The van der Waals surface area contributed by atoms with E-state index in [9.17, 15) is 18.0 Å². The lowest BCUT2D eigenvalue weighted by atomic mass is 10.2. The fourth-order valence-electron chi connectivity index (χ4n) is 1.25. The summed E-state index contributed by atoms with van der Waals surface area (Å²) in [6.45, 7) is 0. The average molecular weight is 326 g/mol. The van der Waals surface area contributed by atoms with Gasteiger partial charge in [0.05, 0.1) is 20.5 Å². The van der Waals surface area contributed by atoms with Crippen molar-refractivity contribution in [2.75, 3.05) is 12.8 Å². The van der Waals surface area contributed by atoms with Gasteiger partial charge in [0.1, 0.15) is 5.75 Å². The third kappa shape index (κ3) is 3.59. The lowest BCUT2D eigenvalue weighted by molar-refractivity contribution is -0.118. The molecule has 0 saturated heterocycles. The van der Waals surface area contributed by atoms with Crippen LogP contribution in [0.1, 0.15) is 10.4 Å². The van der Waals surface area contributed by atoms with Gasteiger partial charge in [-0.2, -0.15) is 0 Å². The molecule has 0 saturated carbocycles. The molecule has 0 spiro atoms. The molecule has 9 heteroatoms. The van der Waals surface area contributed by atoms with Gasteiger partial charge in [0, 0.05) is 7.05 Å².